The maximum Gasteiger partial charge on any atom is 0.137 e. The lowest BCUT2D eigenvalue weighted by atomic mass is 9.67. The third kappa shape index (κ3) is 5.84. The molecule has 0 amide bonds. The highest BCUT2D eigenvalue weighted by Gasteiger charge is 2.50. The quantitative estimate of drug-likeness (QED) is 0.159. The van der Waals surface area contributed by atoms with E-state index in [2.05, 4.69) is 252 Å². The fourth-order valence-corrected chi connectivity index (χ4v) is 11.8. The minimum Gasteiger partial charge on any atom is -0.456 e. The number of benzene rings is 10. The van der Waals surface area contributed by atoms with Crippen molar-refractivity contribution in [1.29, 1.82) is 0 Å². The van der Waals surface area contributed by atoms with Crippen molar-refractivity contribution in [2.24, 2.45) is 0 Å². The van der Waals surface area contributed by atoms with E-state index in [0.29, 0.717) is 0 Å². The van der Waals surface area contributed by atoms with Gasteiger partial charge >= 0.3 is 0 Å². The predicted octanol–water partition coefficient (Wildman–Crippen LogP) is 17.0. The minimum absolute atomic E-state index is 0.445. The van der Waals surface area contributed by atoms with Crippen LogP contribution >= 0.6 is 11.8 Å². The fraction of sp³-hybridized carbons (Fsp3) is 0.0164. The van der Waals surface area contributed by atoms with Gasteiger partial charge in [-0.05, 0) is 129 Å². The zero-order valence-electron chi connectivity index (χ0n) is 35.3. The molecule has 0 saturated heterocycles. The Morgan fingerprint density at radius 3 is 1.55 bits per heavy atom. The van der Waals surface area contributed by atoms with Crippen LogP contribution in [-0.4, -0.2) is 0 Å². The Balaban J connectivity index is 1.03. The molecule has 3 nitrogen and oxygen atoms in total. The highest BCUT2D eigenvalue weighted by atomic mass is 32.2. The number of hydrogen-bond acceptors (Lipinski definition) is 4. The molecule has 0 saturated carbocycles. The Hall–Kier alpha value is -8.05. The number of rotatable bonds is 7. The van der Waals surface area contributed by atoms with E-state index in [9.17, 15) is 0 Å². The summed E-state index contributed by atoms with van der Waals surface area (Å²) in [6.45, 7) is 0. The normalized spacial score (nSPS) is 13.0. The number of anilines is 6. The van der Waals surface area contributed by atoms with Crippen molar-refractivity contribution in [2.45, 2.75) is 15.2 Å². The lowest BCUT2D eigenvalue weighted by molar-refractivity contribution is 0.669. The maximum atomic E-state index is 6.70. The van der Waals surface area contributed by atoms with Crippen LogP contribution in [0.25, 0.3) is 44.2 Å². The highest BCUT2D eigenvalue weighted by Crippen LogP contribution is 2.62. The van der Waals surface area contributed by atoms with Gasteiger partial charge in [0.15, 0.2) is 0 Å². The summed E-state index contributed by atoms with van der Waals surface area (Å²) in [4.78, 5) is 7.27. The van der Waals surface area contributed by atoms with Gasteiger partial charge < -0.3 is 14.2 Å². The molecule has 13 rings (SSSR count). The van der Waals surface area contributed by atoms with Crippen LogP contribution in [0.4, 0.5) is 34.1 Å². The molecule has 1 aliphatic heterocycles. The number of fused-ring (bicyclic) bond motifs is 12. The molecule has 1 spiro atoms. The molecule has 2 aliphatic rings. The summed E-state index contributed by atoms with van der Waals surface area (Å²) >= 11 is 1.87. The van der Waals surface area contributed by atoms with Crippen molar-refractivity contribution in [2.75, 3.05) is 9.80 Å². The largest absolute Gasteiger partial charge is 0.456 e. The fourth-order valence-electron chi connectivity index (χ4n) is 10.6. The van der Waals surface area contributed by atoms with Gasteiger partial charge in [0, 0.05) is 43.6 Å². The molecule has 2 heterocycles. The Kier molecular flexibility index (Phi) is 8.68. The molecule has 11 aromatic rings. The number of para-hydroxylation sites is 2. The van der Waals surface area contributed by atoms with Crippen LogP contribution in [0.1, 0.15) is 22.3 Å². The van der Waals surface area contributed by atoms with Crippen LogP contribution in [0, 0.1) is 0 Å². The van der Waals surface area contributed by atoms with Gasteiger partial charge in [0.05, 0.1) is 16.5 Å². The molecule has 0 unspecified atom stereocenters. The van der Waals surface area contributed by atoms with Gasteiger partial charge in [-0.15, -0.1) is 0 Å². The first-order valence-corrected chi connectivity index (χ1v) is 23.0. The minimum atomic E-state index is -0.445. The van der Waals surface area contributed by atoms with Crippen molar-refractivity contribution in [3.63, 3.8) is 0 Å². The zero-order chi connectivity index (χ0) is 42.9. The molecule has 10 aromatic carbocycles. The van der Waals surface area contributed by atoms with E-state index in [1.807, 2.05) is 11.8 Å². The number of nitrogens with zero attached hydrogens (tertiary/aromatic N) is 2. The molecule has 0 N–H and O–H groups in total. The van der Waals surface area contributed by atoms with Gasteiger partial charge in [-0.3, -0.25) is 0 Å². The van der Waals surface area contributed by atoms with Crippen LogP contribution < -0.4 is 9.80 Å². The van der Waals surface area contributed by atoms with E-state index in [4.69, 9.17) is 4.42 Å². The third-order valence-corrected chi connectivity index (χ3v) is 14.4. The Labute approximate surface area is 382 Å². The van der Waals surface area contributed by atoms with Gasteiger partial charge in [0.1, 0.15) is 11.2 Å². The summed E-state index contributed by atoms with van der Waals surface area (Å²) < 4.78 is 6.70. The second-order valence-electron chi connectivity index (χ2n) is 16.8. The van der Waals surface area contributed by atoms with Crippen molar-refractivity contribution < 1.29 is 4.42 Å². The van der Waals surface area contributed by atoms with Crippen LogP contribution in [0.5, 0.6) is 0 Å². The first-order chi connectivity index (χ1) is 32.2. The van der Waals surface area contributed by atoms with Crippen LogP contribution in [0.2, 0.25) is 0 Å². The number of hydrogen-bond donors (Lipinski definition) is 0. The standard InChI is InChI=1S/C61H40N2OS/c1-4-17-41(18-5-1)42-31-33-45(34-32-42)62(46-36-38-56-50(39-46)60-55(28-16-29-57(60)64-56)63(43-19-6-2-7-20-43)44-21-8-3-9-22-44)47-35-37-54-59(40-47)65-58-30-15-14-27-53(58)61(54)51-25-12-10-23-48(51)49-24-11-13-26-52(49)61/h1-40H. The maximum absolute atomic E-state index is 6.70. The lowest BCUT2D eigenvalue weighted by Gasteiger charge is -2.40. The number of furan rings is 1. The summed E-state index contributed by atoms with van der Waals surface area (Å²) in [5, 5.41) is 2.12. The van der Waals surface area contributed by atoms with Crippen LogP contribution in [-0.2, 0) is 5.41 Å². The van der Waals surface area contributed by atoms with E-state index in [-0.39, 0.29) is 0 Å². The van der Waals surface area contributed by atoms with Crippen LogP contribution in [0.3, 0.4) is 0 Å². The SMILES string of the molecule is c1ccc(-c2ccc(N(c3ccc4c(c3)Sc3ccccc3C43c4ccccc4-c4ccccc43)c3ccc4oc5cccc(N(c6ccccc6)c6ccccc6)c5c4c3)cc2)cc1. The first-order valence-electron chi connectivity index (χ1n) is 22.2. The van der Waals surface area contributed by atoms with Crippen molar-refractivity contribution in [3.05, 3.63) is 265 Å². The Morgan fingerprint density at radius 1 is 0.338 bits per heavy atom. The van der Waals surface area contributed by atoms with Gasteiger partial charge in [-0.25, -0.2) is 0 Å². The average molecular weight is 849 g/mol. The van der Waals surface area contributed by atoms with E-state index in [1.165, 1.54) is 54.3 Å². The van der Waals surface area contributed by atoms with Crippen molar-refractivity contribution in [3.8, 4) is 22.3 Å². The smallest absolute Gasteiger partial charge is 0.137 e. The average Bonchev–Trinajstić information content (AvgIpc) is 3.89. The monoisotopic (exact) mass is 848 g/mol. The van der Waals surface area contributed by atoms with Gasteiger partial charge in [0.2, 0.25) is 0 Å². The summed E-state index contributed by atoms with van der Waals surface area (Å²) in [5.41, 5.74) is 17.9. The summed E-state index contributed by atoms with van der Waals surface area (Å²) in [6, 6.07) is 88.0. The molecule has 0 radical (unpaired) electrons. The lowest BCUT2D eigenvalue weighted by Crippen LogP contribution is -2.32. The Bertz CT molecular complexity index is 3500. The van der Waals surface area contributed by atoms with Gasteiger partial charge in [-0.2, -0.15) is 0 Å². The molecule has 0 atom stereocenters. The molecule has 4 heteroatoms. The molecule has 306 valence electrons. The second kappa shape index (κ2) is 15.0. The summed E-state index contributed by atoms with van der Waals surface area (Å²) in [6.07, 6.45) is 0. The molecule has 0 fully saturated rings. The predicted molar refractivity (Wildman–Crippen MR) is 270 cm³/mol. The van der Waals surface area contributed by atoms with Crippen LogP contribution in [0.15, 0.2) is 257 Å². The molecular weight excluding hydrogens is 809 g/mol. The highest BCUT2D eigenvalue weighted by molar-refractivity contribution is 7.99. The first kappa shape index (κ1) is 37.5. The van der Waals surface area contributed by atoms with E-state index in [1.54, 1.807) is 0 Å². The van der Waals surface area contributed by atoms with E-state index in [0.717, 1.165) is 56.1 Å². The molecule has 1 aromatic heterocycles. The topological polar surface area (TPSA) is 19.6 Å². The summed E-state index contributed by atoms with van der Waals surface area (Å²) in [7, 11) is 0. The third-order valence-electron chi connectivity index (χ3n) is 13.3. The van der Waals surface area contributed by atoms with Crippen molar-refractivity contribution in [1.82, 2.24) is 0 Å². The summed E-state index contributed by atoms with van der Waals surface area (Å²) in [5.74, 6) is 0. The van der Waals surface area contributed by atoms with E-state index >= 15 is 0 Å². The zero-order valence-corrected chi connectivity index (χ0v) is 36.1. The van der Waals surface area contributed by atoms with Gasteiger partial charge in [-0.1, -0.05) is 169 Å². The van der Waals surface area contributed by atoms with Crippen molar-refractivity contribution >= 4 is 67.8 Å². The molecule has 1 aliphatic carbocycles. The Morgan fingerprint density at radius 2 is 0.862 bits per heavy atom. The van der Waals surface area contributed by atoms with E-state index < -0.39 is 5.41 Å². The second-order valence-corrected chi connectivity index (χ2v) is 17.9. The molecule has 0 bridgehead atoms. The van der Waals surface area contributed by atoms with Gasteiger partial charge in [0.25, 0.3) is 0 Å². The molecule has 65 heavy (non-hydrogen) atoms. The molecular formula is C61H40N2OS.